The Labute approximate surface area is 126 Å². The molecule has 1 rings (SSSR count). The number of nitrogens with zero attached hydrogens (tertiary/aromatic N) is 1. The fourth-order valence-corrected chi connectivity index (χ4v) is 1.62. The fourth-order valence-electron chi connectivity index (χ4n) is 1.62. The zero-order valence-corrected chi connectivity index (χ0v) is 13.3. The van der Waals surface area contributed by atoms with Gasteiger partial charge in [0, 0.05) is 6.54 Å². The number of hydrogen-bond acceptors (Lipinski definition) is 3. The van der Waals surface area contributed by atoms with Crippen LogP contribution in [0, 0.1) is 0 Å². The van der Waals surface area contributed by atoms with Crippen LogP contribution >= 0.6 is 0 Å². The summed E-state index contributed by atoms with van der Waals surface area (Å²) in [5.41, 5.74) is 6.68. The Balaban J connectivity index is 2.70. The van der Waals surface area contributed by atoms with Crippen LogP contribution in [-0.2, 0) is 11.3 Å². The second-order valence-electron chi connectivity index (χ2n) is 5.83. The van der Waals surface area contributed by atoms with Crippen molar-refractivity contribution in [2.75, 3.05) is 6.54 Å². The molecule has 0 saturated carbocycles. The van der Waals surface area contributed by atoms with E-state index >= 15 is 0 Å². The van der Waals surface area contributed by atoms with Gasteiger partial charge in [-0.1, -0.05) is 19.1 Å². The van der Waals surface area contributed by atoms with Crippen LogP contribution in [0.25, 0.3) is 0 Å². The molecule has 0 aliphatic carbocycles. The number of benzene rings is 1. The van der Waals surface area contributed by atoms with Gasteiger partial charge in [-0.15, -0.1) is 0 Å². The summed E-state index contributed by atoms with van der Waals surface area (Å²) in [7, 11) is 0. The van der Waals surface area contributed by atoms with Crippen molar-refractivity contribution >= 4 is 11.9 Å². The maximum atomic E-state index is 12.0. The lowest BCUT2D eigenvalue weighted by Gasteiger charge is -2.19. The molecule has 0 aliphatic heterocycles. The molecule has 0 fully saturated rings. The number of aliphatic imine (C=N–C) groups is 1. The lowest BCUT2D eigenvalue weighted by Crippen LogP contribution is -2.32. The first-order valence-corrected chi connectivity index (χ1v) is 7.18. The molecule has 0 unspecified atom stereocenters. The third-order valence-corrected chi connectivity index (χ3v) is 2.55. The molecule has 0 saturated heterocycles. The number of guanidine groups is 1. The van der Waals surface area contributed by atoms with Crippen molar-refractivity contribution in [2.24, 2.45) is 10.7 Å². The predicted molar refractivity (Wildman–Crippen MR) is 85.2 cm³/mol. The Morgan fingerprint density at radius 1 is 1.38 bits per heavy atom. The lowest BCUT2D eigenvalue weighted by molar-refractivity contribution is 0.00694. The van der Waals surface area contributed by atoms with Gasteiger partial charge in [-0.2, -0.15) is 0 Å². The van der Waals surface area contributed by atoms with E-state index in [1.165, 1.54) is 0 Å². The number of carbonyl (C=O) groups is 1. The van der Waals surface area contributed by atoms with Gasteiger partial charge < -0.3 is 15.8 Å². The Morgan fingerprint density at radius 2 is 2.10 bits per heavy atom. The quantitative estimate of drug-likeness (QED) is 0.496. The van der Waals surface area contributed by atoms with Crippen molar-refractivity contribution in [3.05, 3.63) is 35.4 Å². The van der Waals surface area contributed by atoms with E-state index in [0.717, 1.165) is 18.5 Å². The largest absolute Gasteiger partial charge is 0.456 e. The highest BCUT2D eigenvalue weighted by molar-refractivity contribution is 5.89. The van der Waals surface area contributed by atoms with Gasteiger partial charge in [-0.25, -0.2) is 9.79 Å². The van der Waals surface area contributed by atoms with E-state index in [-0.39, 0.29) is 5.97 Å². The van der Waals surface area contributed by atoms with Gasteiger partial charge in [0.1, 0.15) is 5.60 Å². The maximum absolute atomic E-state index is 12.0. The van der Waals surface area contributed by atoms with Gasteiger partial charge in [0.25, 0.3) is 0 Å². The Hall–Kier alpha value is -2.04. The van der Waals surface area contributed by atoms with Crippen LogP contribution in [0.1, 0.15) is 50.0 Å². The summed E-state index contributed by atoms with van der Waals surface area (Å²) >= 11 is 0. The molecule has 0 aliphatic rings. The molecule has 21 heavy (non-hydrogen) atoms. The van der Waals surface area contributed by atoms with E-state index in [0.29, 0.717) is 18.1 Å². The van der Waals surface area contributed by atoms with Crippen molar-refractivity contribution < 1.29 is 9.53 Å². The molecule has 3 N–H and O–H groups in total. The minimum Gasteiger partial charge on any atom is -0.456 e. The van der Waals surface area contributed by atoms with E-state index in [1.807, 2.05) is 32.9 Å². The normalized spacial score (nSPS) is 12.1. The Bertz CT molecular complexity index is 504. The minimum atomic E-state index is -0.500. The average Bonchev–Trinajstić information content (AvgIpc) is 2.41. The van der Waals surface area contributed by atoms with Crippen LogP contribution in [0.4, 0.5) is 0 Å². The average molecular weight is 291 g/mol. The van der Waals surface area contributed by atoms with Gasteiger partial charge in [0.15, 0.2) is 5.96 Å². The molecule has 0 heterocycles. The summed E-state index contributed by atoms with van der Waals surface area (Å²) in [6.07, 6.45) is 0.990. The van der Waals surface area contributed by atoms with Gasteiger partial charge in [0.05, 0.1) is 12.1 Å². The second kappa shape index (κ2) is 7.67. The van der Waals surface area contributed by atoms with Gasteiger partial charge in [-0.05, 0) is 44.9 Å². The first-order chi connectivity index (χ1) is 9.81. The van der Waals surface area contributed by atoms with Crippen LogP contribution in [-0.4, -0.2) is 24.1 Å². The highest BCUT2D eigenvalue weighted by atomic mass is 16.6. The zero-order chi connectivity index (χ0) is 15.9. The summed E-state index contributed by atoms with van der Waals surface area (Å²) < 4.78 is 5.35. The Morgan fingerprint density at radius 3 is 2.71 bits per heavy atom. The molecular formula is C16H25N3O2. The Kier molecular flexibility index (Phi) is 6.21. The summed E-state index contributed by atoms with van der Waals surface area (Å²) in [5.74, 6) is 0.0879. The smallest absolute Gasteiger partial charge is 0.338 e. The predicted octanol–water partition coefficient (Wildman–Crippen LogP) is 2.46. The summed E-state index contributed by atoms with van der Waals surface area (Å²) in [6, 6.07) is 7.24. The van der Waals surface area contributed by atoms with E-state index in [2.05, 4.69) is 17.2 Å². The van der Waals surface area contributed by atoms with Crippen LogP contribution in [0.5, 0.6) is 0 Å². The molecule has 116 valence electrons. The minimum absolute atomic E-state index is 0.328. The third-order valence-electron chi connectivity index (χ3n) is 2.55. The molecule has 1 aromatic carbocycles. The maximum Gasteiger partial charge on any atom is 0.338 e. The van der Waals surface area contributed by atoms with Crippen LogP contribution < -0.4 is 11.1 Å². The standard InChI is InChI=1S/C16H25N3O2/c1-5-9-18-15(17)19-11-12-7-6-8-13(10-12)14(20)21-16(2,3)4/h6-8,10H,5,9,11H2,1-4H3,(H3,17,18,19). The number of nitrogens with two attached hydrogens (primary N) is 1. The summed E-state index contributed by atoms with van der Waals surface area (Å²) in [6.45, 7) is 8.83. The number of nitrogens with one attached hydrogen (secondary N) is 1. The highest BCUT2D eigenvalue weighted by Gasteiger charge is 2.17. The monoisotopic (exact) mass is 291 g/mol. The van der Waals surface area contributed by atoms with E-state index in [1.54, 1.807) is 12.1 Å². The topological polar surface area (TPSA) is 76.7 Å². The highest BCUT2D eigenvalue weighted by Crippen LogP contribution is 2.13. The van der Waals surface area contributed by atoms with Gasteiger partial charge >= 0.3 is 5.97 Å². The van der Waals surface area contributed by atoms with Crippen molar-refractivity contribution in [1.29, 1.82) is 0 Å². The first-order valence-electron chi connectivity index (χ1n) is 7.18. The number of ether oxygens (including phenoxy) is 1. The molecule has 0 atom stereocenters. The zero-order valence-electron chi connectivity index (χ0n) is 13.3. The first kappa shape index (κ1) is 17.0. The van der Waals surface area contributed by atoms with Crippen molar-refractivity contribution in [3.63, 3.8) is 0 Å². The molecule has 0 aromatic heterocycles. The molecule has 0 amide bonds. The third kappa shape index (κ3) is 6.79. The molecule has 1 aromatic rings. The van der Waals surface area contributed by atoms with Gasteiger partial charge in [0.2, 0.25) is 0 Å². The molecule has 5 heteroatoms. The SMILES string of the molecule is CCCNC(N)=NCc1cccc(C(=O)OC(C)(C)C)c1. The molecular weight excluding hydrogens is 266 g/mol. The second-order valence-corrected chi connectivity index (χ2v) is 5.83. The van der Waals surface area contributed by atoms with Gasteiger partial charge in [-0.3, -0.25) is 0 Å². The summed E-state index contributed by atoms with van der Waals surface area (Å²) in [4.78, 5) is 16.2. The van der Waals surface area contributed by atoms with Crippen LogP contribution in [0.15, 0.2) is 29.3 Å². The molecule has 0 bridgehead atoms. The molecule has 0 spiro atoms. The number of carbonyl (C=O) groups excluding carboxylic acids is 1. The summed E-state index contributed by atoms with van der Waals surface area (Å²) in [5, 5.41) is 3.01. The molecule has 5 nitrogen and oxygen atoms in total. The van der Waals surface area contributed by atoms with Crippen molar-refractivity contribution in [3.8, 4) is 0 Å². The van der Waals surface area contributed by atoms with Crippen LogP contribution in [0.2, 0.25) is 0 Å². The van der Waals surface area contributed by atoms with Crippen molar-refractivity contribution in [2.45, 2.75) is 46.3 Å². The van der Waals surface area contributed by atoms with E-state index in [4.69, 9.17) is 10.5 Å². The number of hydrogen-bond donors (Lipinski definition) is 2. The molecule has 0 radical (unpaired) electrons. The lowest BCUT2D eigenvalue weighted by atomic mass is 10.1. The van der Waals surface area contributed by atoms with E-state index < -0.39 is 5.60 Å². The van der Waals surface area contributed by atoms with Crippen LogP contribution in [0.3, 0.4) is 0 Å². The van der Waals surface area contributed by atoms with E-state index in [9.17, 15) is 4.79 Å². The fraction of sp³-hybridized carbons (Fsp3) is 0.500. The van der Waals surface area contributed by atoms with Crippen molar-refractivity contribution in [1.82, 2.24) is 5.32 Å². The number of esters is 1. The number of rotatable bonds is 5.